The van der Waals surface area contributed by atoms with Gasteiger partial charge in [-0.2, -0.15) is 0 Å². The molecule has 1 unspecified atom stereocenters. The van der Waals surface area contributed by atoms with E-state index < -0.39 is 10.0 Å². The zero-order valence-electron chi connectivity index (χ0n) is 12.4. The van der Waals surface area contributed by atoms with Gasteiger partial charge in [-0.05, 0) is 29.0 Å². The fourth-order valence-electron chi connectivity index (χ4n) is 1.48. The van der Waals surface area contributed by atoms with E-state index in [2.05, 4.69) is 25.5 Å². The molecule has 0 aliphatic heterocycles. The highest BCUT2D eigenvalue weighted by Gasteiger charge is 2.23. The van der Waals surface area contributed by atoms with Crippen molar-refractivity contribution in [3.05, 3.63) is 28.8 Å². The summed E-state index contributed by atoms with van der Waals surface area (Å²) >= 11 is 6.00. The van der Waals surface area contributed by atoms with E-state index in [1.807, 2.05) is 6.92 Å². The normalized spacial score (nSPS) is 14.3. The van der Waals surface area contributed by atoms with Crippen molar-refractivity contribution in [3.63, 3.8) is 0 Å². The summed E-state index contributed by atoms with van der Waals surface area (Å²) in [4.78, 5) is 0.167. The fourth-order valence-corrected chi connectivity index (χ4v) is 2.96. The molecule has 0 amide bonds. The van der Waals surface area contributed by atoms with E-state index >= 15 is 0 Å². The molecule has 0 aliphatic carbocycles. The van der Waals surface area contributed by atoms with E-state index in [-0.39, 0.29) is 22.8 Å². The predicted molar refractivity (Wildman–Crippen MR) is 83.2 cm³/mol. The summed E-state index contributed by atoms with van der Waals surface area (Å²) in [6.07, 6.45) is 0. The lowest BCUT2D eigenvalue weighted by atomic mass is 9.82. The lowest BCUT2D eigenvalue weighted by Gasteiger charge is -2.27. The molecule has 0 heterocycles. The number of sulfonamides is 1. The molecular weight excluding hydrogens is 296 g/mol. The zero-order chi connectivity index (χ0) is 15.6. The van der Waals surface area contributed by atoms with Crippen molar-refractivity contribution < 1.29 is 8.42 Å². The first-order valence-corrected chi connectivity index (χ1v) is 8.42. The number of halogens is 1. The Hall–Kier alpha value is -0.620. The summed E-state index contributed by atoms with van der Waals surface area (Å²) in [6, 6.07) is 4.61. The van der Waals surface area contributed by atoms with Gasteiger partial charge in [0.05, 0.1) is 4.90 Å². The largest absolute Gasteiger partial charge is 0.326 e. The van der Waals surface area contributed by atoms with E-state index in [4.69, 9.17) is 17.3 Å². The van der Waals surface area contributed by atoms with Gasteiger partial charge in [0.2, 0.25) is 10.0 Å². The van der Waals surface area contributed by atoms with Crippen molar-refractivity contribution in [2.45, 2.75) is 39.1 Å². The Balaban J connectivity index is 2.87. The van der Waals surface area contributed by atoms with Gasteiger partial charge in [-0.3, -0.25) is 0 Å². The Bertz CT molecular complexity index is 565. The maximum Gasteiger partial charge on any atom is 0.240 e. The van der Waals surface area contributed by atoms with Crippen molar-refractivity contribution in [1.82, 2.24) is 4.72 Å². The molecular formula is C14H23ClN2O2S. The number of benzene rings is 1. The van der Waals surface area contributed by atoms with Crippen LogP contribution in [0.3, 0.4) is 0 Å². The third-order valence-corrected chi connectivity index (χ3v) is 5.39. The minimum absolute atomic E-state index is 0.0452. The van der Waals surface area contributed by atoms with Crippen molar-refractivity contribution in [3.8, 4) is 0 Å². The first kappa shape index (κ1) is 17.4. The summed E-state index contributed by atoms with van der Waals surface area (Å²) < 4.78 is 27.1. The Morgan fingerprint density at radius 3 is 2.40 bits per heavy atom. The molecule has 1 aromatic carbocycles. The lowest BCUT2D eigenvalue weighted by Crippen LogP contribution is -2.33. The van der Waals surface area contributed by atoms with E-state index in [1.54, 1.807) is 6.07 Å². The molecule has 0 radical (unpaired) electrons. The van der Waals surface area contributed by atoms with Gasteiger partial charge in [0.15, 0.2) is 0 Å². The summed E-state index contributed by atoms with van der Waals surface area (Å²) in [7, 11) is -3.54. The number of hydrogen-bond acceptors (Lipinski definition) is 3. The minimum atomic E-state index is -3.54. The summed E-state index contributed by atoms with van der Waals surface area (Å²) in [5, 5.41) is 0.374. The first-order chi connectivity index (χ1) is 9.08. The minimum Gasteiger partial charge on any atom is -0.326 e. The fraction of sp³-hybridized carbons (Fsp3) is 0.571. The van der Waals surface area contributed by atoms with Crippen LogP contribution in [0.5, 0.6) is 0 Å². The van der Waals surface area contributed by atoms with Crippen LogP contribution >= 0.6 is 11.6 Å². The zero-order valence-corrected chi connectivity index (χ0v) is 14.0. The van der Waals surface area contributed by atoms with Crippen LogP contribution in [0.4, 0.5) is 0 Å². The summed E-state index contributed by atoms with van der Waals surface area (Å²) in [6.45, 7) is 8.94. The van der Waals surface area contributed by atoms with Crippen LogP contribution in [0.25, 0.3) is 0 Å². The van der Waals surface area contributed by atoms with Gasteiger partial charge in [0.25, 0.3) is 0 Å². The smallest absolute Gasteiger partial charge is 0.240 e. The first-order valence-electron chi connectivity index (χ1n) is 6.56. The molecule has 1 atom stereocenters. The van der Waals surface area contributed by atoms with Gasteiger partial charge in [-0.1, -0.05) is 45.4 Å². The maximum atomic E-state index is 12.2. The molecule has 3 N–H and O–H groups in total. The maximum absolute atomic E-state index is 12.2. The van der Waals surface area contributed by atoms with E-state index in [0.29, 0.717) is 11.6 Å². The monoisotopic (exact) mass is 318 g/mol. The van der Waals surface area contributed by atoms with Crippen LogP contribution in [-0.2, 0) is 16.6 Å². The van der Waals surface area contributed by atoms with E-state index in [1.165, 1.54) is 12.1 Å². The van der Waals surface area contributed by atoms with Gasteiger partial charge >= 0.3 is 0 Å². The van der Waals surface area contributed by atoms with E-state index in [9.17, 15) is 8.42 Å². The lowest BCUT2D eigenvalue weighted by molar-refractivity contribution is 0.263. The third-order valence-electron chi connectivity index (χ3n) is 3.61. The molecule has 4 nitrogen and oxygen atoms in total. The second-order valence-electron chi connectivity index (χ2n) is 6.08. The van der Waals surface area contributed by atoms with Crippen molar-refractivity contribution in [1.29, 1.82) is 0 Å². The Morgan fingerprint density at radius 1 is 1.35 bits per heavy atom. The van der Waals surface area contributed by atoms with Gasteiger partial charge < -0.3 is 5.73 Å². The van der Waals surface area contributed by atoms with Crippen LogP contribution in [-0.4, -0.2) is 15.0 Å². The van der Waals surface area contributed by atoms with Crippen LogP contribution in [0.1, 0.15) is 33.3 Å². The van der Waals surface area contributed by atoms with Gasteiger partial charge in [-0.15, -0.1) is 0 Å². The predicted octanol–water partition coefficient (Wildman–Crippen LogP) is 2.76. The molecule has 0 bridgehead atoms. The molecule has 6 heteroatoms. The number of hydrogen-bond donors (Lipinski definition) is 2. The molecule has 0 aromatic heterocycles. The van der Waals surface area contributed by atoms with Gasteiger partial charge in [0.1, 0.15) is 0 Å². The average Bonchev–Trinajstić information content (AvgIpc) is 2.34. The van der Waals surface area contributed by atoms with Crippen LogP contribution in [0.15, 0.2) is 23.1 Å². The number of nitrogens with two attached hydrogens (primary N) is 1. The highest BCUT2D eigenvalue weighted by Crippen LogP contribution is 2.25. The van der Waals surface area contributed by atoms with E-state index in [0.717, 1.165) is 5.56 Å². The second-order valence-corrected chi connectivity index (χ2v) is 8.25. The molecule has 0 saturated heterocycles. The van der Waals surface area contributed by atoms with Crippen LogP contribution < -0.4 is 10.5 Å². The van der Waals surface area contributed by atoms with Crippen molar-refractivity contribution in [2.75, 3.05) is 6.54 Å². The van der Waals surface area contributed by atoms with Gasteiger partial charge in [0, 0.05) is 18.1 Å². The van der Waals surface area contributed by atoms with Gasteiger partial charge in [-0.25, -0.2) is 13.1 Å². The summed E-state index contributed by atoms with van der Waals surface area (Å²) in [5.74, 6) is 0.219. The Kier molecular flexibility index (Phi) is 5.61. The SMILES string of the molecule is CC(CNS(=O)(=O)c1ccc(CN)c(Cl)c1)C(C)(C)C. The Morgan fingerprint density at radius 2 is 1.95 bits per heavy atom. The van der Waals surface area contributed by atoms with Crippen molar-refractivity contribution >= 4 is 21.6 Å². The standard InChI is InChI=1S/C14H23ClN2O2S/c1-10(14(2,3)4)9-17-20(18,19)12-6-5-11(8-16)13(15)7-12/h5-7,10,17H,8-9,16H2,1-4H3. The quantitative estimate of drug-likeness (QED) is 0.876. The molecule has 20 heavy (non-hydrogen) atoms. The average molecular weight is 319 g/mol. The Labute approximate surface area is 126 Å². The number of nitrogens with one attached hydrogen (secondary N) is 1. The topological polar surface area (TPSA) is 72.2 Å². The molecule has 1 rings (SSSR count). The highest BCUT2D eigenvalue weighted by molar-refractivity contribution is 7.89. The summed E-state index contributed by atoms with van der Waals surface area (Å²) in [5.41, 5.74) is 6.28. The van der Waals surface area contributed by atoms with Crippen molar-refractivity contribution in [2.24, 2.45) is 17.1 Å². The number of rotatable bonds is 5. The molecule has 0 aliphatic rings. The van der Waals surface area contributed by atoms with Crippen LogP contribution in [0.2, 0.25) is 5.02 Å². The highest BCUT2D eigenvalue weighted by atomic mass is 35.5. The molecule has 1 aromatic rings. The van der Waals surface area contributed by atoms with Crippen LogP contribution in [0, 0.1) is 11.3 Å². The third kappa shape index (κ3) is 4.45. The molecule has 0 saturated carbocycles. The molecule has 0 spiro atoms. The molecule has 114 valence electrons. The molecule has 0 fully saturated rings. The second kappa shape index (κ2) is 6.43.